The first-order valence-corrected chi connectivity index (χ1v) is 7.29. The molecule has 0 unspecified atom stereocenters. The normalized spacial score (nSPS) is 9.96. The van der Waals surface area contributed by atoms with Crippen molar-refractivity contribution in [3.8, 4) is 11.5 Å². The van der Waals surface area contributed by atoms with Gasteiger partial charge in [-0.15, -0.1) is 0 Å². The zero-order valence-electron chi connectivity index (χ0n) is 13.4. The summed E-state index contributed by atoms with van der Waals surface area (Å²) in [5.74, 6) is 0.402. The van der Waals surface area contributed by atoms with E-state index in [9.17, 15) is 19.7 Å². The third-order valence-electron chi connectivity index (χ3n) is 3.31. The number of nitro benzene ring substituents is 1. The summed E-state index contributed by atoms with van der Waals surface area (Å²) in [6.07, 6.45) is 0.441. The maximum atomic E-state index is 11.9. The zero-order valence-corrected chi connectivity index (χ0v) is 13.4. The molecule has 0 atom stereocenters. The molecule has 130 valence electrons. The van der Waals surface area contributed by atoms with Crippen molar-refractivity contribution in [1.82, 2.24) is 5.32 Å². The van der Waals surface area contributed by atoms with Crippen LogP contribution in [0, 0.1) is 10.1 Å². The van der Waals surface area contributed by atoms with Crippen molar-refractivity contribution >= 4 is 17.9 Å². The van der Waals surface area contributed by atoms with Crippen LogP contribution >= 0.6 is 0 Å². The van der Waals surface area contributed by atoms with E-state index >= 15 is 0 Å². The lowest BCUT2D eigenvalue weighted by Gasteiger charge is -2.09. The molecule has 25 heavy (non-hydrogen) atoms. The third kappa shape index (κ3) is 5.03. The van der Waals surface area contributed by atoms with E-state index in [4.69, 9.17) is 9.47 Å². The standard InChI is InChI=1S/C17H16N2O6/c1-24-15-4-2-3-12(7-15)9-18-17(21)11-25-16-6-5-14(19(22)23)8-13(16)10-20/h2-8,10H,9,11H2,1H3,(H,18,21). The van der Waals surface area contributed by atoms with Crippen molar-refractivity contribution in [2.75, 3.05) is 13.7 Å². The van der Waals surface area contributed by atoms with Crippen LogP contribution in [0.5, 0.6) is 11.5 Å². The van der Waals surface area contributed by atoms with E-state index in [0.717, 1.165) is 11.6 Å². The van der Waals surface area contributed by atoms with Gasteiger partial charge >= 0.3 is 0 Å². The molecular weight excluding hydrogens is 328 g/mol. The summed E-state index contributed by atoms with van der Waals surface area (Å²) in [5.41, 5.74) is 0.642. The van der Waals surface area contributed by atoms with Crippen molar-refractivity contribution in [1.29, 1.82) is 0 Å². The molecule has 0 aliphatic heterocycles. The summed E-state index contributed by atoms with van der Waals surface area (Å²) in [4.78, 5) is 32.9. The largest absolute Gasteiger partial charge is 0.497 e. The number of amides is 1. The summed E-state index contributed by atoms with van der Waals surface area (Å²) >= 11 is 0. The summed E-state index contributed by atoms with van der Waals surface area (Å²) in [7, 11) is 1.56. The van der Waals surface area contributed by atoms with Crippen molar-refractivity contribution in [3.63, 3.8) is 0 Å². The molecule has 0 fully saturated rings. The Kier molecular flexibility index (Phi) is 6.05. The van der Waals surface area contributed by atoms with Crippen LogP contribution in [0.1, 0.15) is 15.9 Å². The molecule has 0 saturated heterocycles. The Hall–Kier alpha value is -3.42. The minimum atomic E-state index is -0.613. The molecule has 8 heteroatoms. The van der Waals surface area contributed by atoms with Gasteiger partial charge in [-0.1, -0.05) is 12.1 Å². The topological polar surface area (TPSA) is 108 Å². The molecule has 0 aliphatic rings. The fourth-order valence-corrected chi connectivity index (χ4v) is 2.05. The number of ether oxygens (including phenoxy) is 2. The first kappa shape index (κ1) is 17.9. The SMILES string of the molecule is COc1cccc(CNC(=O)COc2ccc([N+](=O)[O-])cc2C=O)c1. The lowest BCUT2D eigenvalue weighted by atomic mass is 10.2. The highest BCUT2D eigenvalue weighted by atomic mass is 16.6. The Morgan fingerprint density at radius 2 is 2.08 bits per heavy atom. The maximum absolute atomic E-state index is 11.9. The van der Waals surface area contributed by atoms with Crippen molar-refractivity contribution in [2.24, 2.45) is 0 Å². The lowest BCUT2D eigenvalue weighted by molar-refractivity contribution is -0.384. The highest BCUT2D eigenvalue weighted by Gasteiger charge is 2.12. The van der Waals surface area contributed by atoms with Gasteiger partial charge < -0.3 is 14.8 Å². The third-order valence-corrected chi connectivity index (χ3v) is 3.31. The van der Waals surface area contributed by atoms with Gasteiger partial charge in [0, 0.05) is 18.7 Å². The van der Waals surface area contributed by atoms with Gasteiger partial charge in [-0.05, 0) is 23.8 Å². The van der Waals surface area contributed by atoms with Gasteiger partial charge in [-0.3, -0.25) is 19.7 Å². The Balaban J connectivity index is 1.91. The molecule has 0 saturated carbocycles. The number of nitrogens with zero attached hydrogens (tertiary/aromatic N) is 1. The number of nitro groups is 1. The Morgan fingerprint density at radius 3 is 2.76 bits per heavy atom. The van der Waals surface area contributed by atoms with Crippen LogP contribution in [0.15, 0.2) is 42.5 Å². The molecule has 0 spiro atoms. The minimum absolute atomic E-state index is 0.00907. The number of carbonyl (C=O) groups excluding carboxylic acids is 2. The second-order valence-electron chi connectivity index (χ2n) is 5.01. The maximum Gasteiger partial charge on any atom is 0.270 e. The van der Waals surface area contributed by atoms with Gasteiger partial charge in [0.25, 0.3) is 11.6 Å². The van der Waals surface area contributed by atoms with Crippen LogP contribution in [0.25, 0.3) is 0 Å². The molecule has 0 bridgehead atoms. The fourth-order valence-electron chi connectivity index (χ4n) is 2.05. The second kappa shape index (κ2) is 8.44. The predicted octanol–water partition coefficient (Wildman–Crippen LogP) is 2.11. The summed E-state index contributed by atoms with van der Waals surface area (Å²) in [6, 6.07) is 10.8. The minimum Gasteiger partial charge on any atom is -0.497 e. The van der Waals surface area contributed by atoms with Crippen LogP contribution in [0.3, 0.4) is 0 Å². The van der Waals surface area contributed by atoms with Crippen LogP contribution in [0.4, 0.5) is 5.69 Å². The molecule has 0 heterocycles. The summed E-state index contributed by atoms with van der Waals surface area (Å²) in [5, 5.41) is 13.4. The molecular formula is C17H16N2O6. The number of nitrogens with one attached hydrogen (secondary N) is 1. The van der Waals surface area contributed by atoms with Gasteiger partial charge in [0.15, 0.2) is 12.9 Å². The van der Waals surface area contributed by atoms with E-state index in [0.29, 0.717) is 18.6 Å². The number of carbonyl (C=O) groups is 2. The number of hydrogen-bond acceptors (Lipinski definition) is 6. The van der Waals surface area contributed by atoms with Gasteiger partial charge in [0.1, 0.15) is 11.5 Å². The average Bonchev–Trinajstić information content (AvgIpc) is 2.64. The lowest BCUT2D eigenvalue weighted by Crippen LogP contribution is -2.28. The van der Waals surface area contributed by atoms with E-state index in [1.807, 2.05) is 12.1 Å². The predicted molar refractivity (Wildman–Crippen MR) is 88.8 cm³/mol. The number of non-ortho nitro benzene ring substituents is 1. The highest BCUT2D eigenvalue weighted by molar-refractivity contribution is 5.82. The number of methoxy groups -OCH3 is 1. The molecule has 1 amide bonds. The van der Waals surface area contributed by atoms with E-state index in [2.05, 4.69) is 5.32 Å². The molecule has 1 N–H and O–H groups in total. The van der Waals surface area contributed by atoms with Crippen LogP contribution < -0.4 is 14.8 Å². The van der Waals surface area contributed by atoms with E-state index in [1.165, 1.54) is 12.1 Å². The van der Waals surface area contributed by atoms with Gasteiger partial charge in [0.2, 0.25) is 0 Å². The average molecular weight is 344 g/mol. The van der Waals surface area contributed by atoms with Crippen molar-refractivity contribution < 1.29 is 24.0 Å². The van der Waals surface area contributed by atoms with Gasteiger partial charge in [-0.25, -0.2) is 0 Å². The monoisotopic (exact) mass is 344 g/mol. The Morgan fingerprint density at radius 1 is 1.28 bits per heavy atom. The second-order valence-corrected chi connectivity index (χ2v) is 5.01. The summed E-state index contributed by atoms with van der Waals surface area (Å²) in [6.45, 7) is -0.0250. The fraction of sp³-hybridized carbons (Fsp3) is 0.176. The highest BCUT2D eigenvalue weighted by Crippen LogP contribution is 2.22. The van der Waals surface area contributed by atoms with Gasteiger partial charge in [-0.2, -0.15) is 0 Å². The van der Waals surface area contributed by atoms with Crippen molar-refractivity contribution in [3.05, 3.63) is 63.7 Å². The molecule has 0 aromatic heterocycles. The Labute approximate surface area is 143 Å². The molecule has 8 nitrogen and oxygen atoms in total. The smallest absolute Gasteiger partial charge is 0.270 e. The molecule has 0 aliphatic carbocycles. The van der Waals surface area contributed by atoms with Gasteiger partial charge in [0.05, 0.1) is 17.6 Å². The quantitative estimate of drug-likeness (QED) is 0.446. The van der Waals surface area contributed by atoms with Crippen molar-refractivity contribution in [2.45, 2.75) is 6.54 Å². The van der Waals surface area contributed by atoms with E-state index in [-0.39, 0.29) is 23.6 Å². The van der Waals surface area contributed by atoms with E-state index in [1.54, 1.807) is 19.2 Å². The van der Waals surface area contributed by atoms with E-state index < -0.39 is 10.8 Å². The van der Waals surface area contributed by atoms with Crippen LogP contribution in [-0.2, 0) is 11.3 Å². The Bertz CT molecular complexity index is 790. The molecule has 2 rings (SSSR count). The summed E-state index contributed by atoms with van der Waals surface area (Å²) < 4.78 is 10.4. The number of rotatable bonds is 8. The number of hydrogen-bond donors (Lipinski definition) is 1. The first-order chi connectivity index (χ1) is 12.0. The first-order valence-electron chi connectivity index (χ1n) is 7.29. The number of benzene rings is 2. The zero-order chi connectivity index (χ0) is 18.2. The molecule has 2 aromatic carbocycles. The number of aldehydes is 1. The molecule has 2 aromatic rings. The van der Waals surface area contributed by atoms with Crippen LogP contribution in [0.2, 0.25) is 0 Å². The molecule has 0 radical (unpaired) electrons. The van der Waals surface area contributed by atoms with Crippen LogP contribution in [-0.4, -0.2) is 30.8 Å².